The first-order valence-electron chi connectivity index (χ1n) is 15.1. The summed E-state index contributed by atoms with van der Waals surface area (Å²) < 4.78 is 3.52. The van der Waals surface area contributed by atoms with Crippen LogP contribution in [-0.2, 0) is 31.9 Å². The number of nitriles is 1. The van der Waals surface area contributed by atoms with Crippen LogP contribution in [0.5, 0.6) is 0 Å². The van der Waals surface area contributed by atoms with Crippen molar-refractivity contribution in [3.63, 3.8) is 0 Å². The molecule has 1 fully saturated rings. The van der Waals surface area contributed by atoms with Crippen LogP contribution in [0.2, 0.25) is 0 Å². The molecule has 1 saturated carbocycles. The van der Waals surface area contributed by atoms with Crippen molar-refractivity contribution >= 4 is 5.91 Å². The molecule has 9 heteroatoms. The van der Waals surface area contributed by atoms with Crippen molar-refractivity contribution in [1.82, 2.24) is 34.8 Å². The number of amides is 1. The minimum atomic E-state index is -0.231. The van der Waals surface area contributed by atoms with Gasteiger partial charge in [0.15, 0.2) is 0 Å². The standard InChI is InChI=1S/C35H36N8O/c1-42-23-30(22-40-42)26-12-14-28(15-13-26)33(35(44)38-20-25-6-4-3-5-7-25)27-10-8-24(9-11-27)18-32-37-21-29(19-36)34(41-32)31-16-17-39-43(31)2/h3-7,12-17,21-24,27,33H,8-11,18,20H2,1-2H3,(H,38,44)/t24-,27-,33?. The molecule has 1 aliphatic carbocycles. The number of hydrogen-bond donors (Lipinski definition) is 1. The number of nitrogens with zero attached hydrogens (tertiary/aromatic N) is 7. The number of carbonyl (C=O) groups excluding carboxylic acids is 1. The first-order valence-corrected chi connectivity index (χ1v) is 15.1. The predicted molar refractivity (Wildman–Crippen MR) is 168 cm³/mol. The number of aromatic nitrogens is 6. The molecule has 1 unspecified atom stereocenters. The summed E-state index contributed by atoms with van der Waals surface area (Å²) in [6.07, 6.45) is 11.8. The summed E-state index contributed by atoms with van der Waals surface area (Å²) in [4.78, 5) is 23.1. The third-order valence-corrected chi connectivity index (χ3v) is 8.76. The molecule has 0 bridgehead atoms. The van der Waals surface area contributed by atoms with Gasteiger partial charge in [0.05, 0.1) is 23.4 Å². The van der Waals surface area contributed by atoms with Crippen LogP contribution in [0.3, 0.4) is 0 Å². The maximum Gasteiger partial charge on any atom is 0.228 e. The van der Waals surface area contributed by atoms with Gasteiger partial charge in [-0.25, -0.2) is 9.97 Å². The van der Waals surface area contributed by atoms with Gasteiger partial charge < -0.3 is 5.32 Å². The second-order valence-electron chi connectivity index (χ2n) is 11.7. The Kier molecular flexibility index (Phi) is 8.59. The van der Waals surface area contributed by atoms with Crippen molar-refractivity contribution in [2.24, 2.45) is 25.9 Å². The summed E-state index contributed by atoms with van der Waals surface area (Å²) in [5.74, 6) is 1.23. The maximum atomic E-state index is 13.8. The Bertz CT molecular complexity index is 1760. The van der Waals surface area contributed by atoms with Gasteiger partial charge in [0, 0.05) is 51.2 Å². The van der Waals surface area contributed by atoms with E-state index in [1.165, 1.54) is 0 Å². The number of hydrogen-bond acceptors (Lipinski definition) is 6. The third kappa shape index (κ3) is 6.45. The first kappa shape index (κ1) is 29.0. The molecule has 1 amide bonds. The molecule has 222 valence electrons. The molecule has 6 rings (SSSR count). The molecule has 44 heavy (non-hydrogen) atoms. The molecule has 1 atom stereocenters. The minimum absolute atomic E-state index is 0.0719. The Labute approximate surface area is 257 Å². The van der Waals surface area contributed by atoms with Crippen LogP contribution in [0.25, 0.3) is 22.5 Å². The number of benzene rings is 2. The van der Waals surface area contributed by atoms with Crippen LogP contribution in [0.4, 0.5) is 0 Å². The molecular weight excluding hydrogens is 548 g/mol. The smallest absolute Gasteiger partial charge is 0.228 e. The molecule has 0 radical (unpaired) electrons. The highest BCUT2D eigenvalue weighted by molar-refractivity contribution is 5.84. The van der Waals surface area contributed by atoms with Gasteiger partial charge in [0.25, 0.3) is 0 Å². The van der Waals surface area contributed by atoms with Crippen molar-refractivity contribution < 1.29 is 4.79 Å². The zero-order chi connectivity index (χ0) is 30.5. The van der Waals surface area contributed by atoms with E-state index >= 15 is 0 Å². The molecule has 1 aliphatic rings. The Balaban J connectivity index is 1.17. The highest BCUT2D eigenvalue weighted by atomic mass is 16.1. The Morgan fingerprint density at radius 1 is 0.977 bits per heavy atom. The monoisotopic (exact) mass is 584 g/mol. The van der Waals surface area contributed by atoms with Gasteiger partial charge in [-0.2, -0.15) is 15.5 Å². The van der Waals surface area contributed by atoms with Gasteiger partial charge in [0.1, 0.15) is 17.6 Å². The van der Waals surface area contributed by atoms with Gasteiger partial charge in [-0.05, 0) is 60.3 Å². The molecular formula is C35H36N8O. The predicted octanol–water partition coefficient (Wildman–Crippen LogP) is 5.60. The molecule has 0 saturated heterocycles. The quantitative estimate of drug-likeness (QED) is 0.241. The third-order valence-electron chi connectivity index (χ3n) is 8.76. The van der Waals surface area contributed by atoms with E-state index in [0.29, 0.717) is 23.7 Å². The van der Waals surface area contributed by atoms with E-state index in [1.54, 1.807) is 21.8 Å². The van der Waals surface area contributed by atoms with Gasteiger partial charge >= 0.3 is 0 Å². The zero-order valence-electron chi connectivity index (χ0n) is 25.1. The van der Waals surface area contributed by atoms with Gasteiger partial charge in [-0.1, -0.05) is 54.6 Å². The lowest BCUT2D eigenvalue weighted by molar-refractivity contribution is -0.124. The normalized spacial score (nSPS) is 17.1. The van der Waals surface area contributed by atoms with E-state index in [0.717, 1.165) is 65.9 Å². The second kappa shape index (κ2) is 13.0. The van der Waals surface area contributed by atoms with Crippen LogP contribution in [0, 0.1) is 23.2 Å². The lowest BCUT2D eigenvalue weighted by Crippen LogP contribution is -2.35. The number of aryl methyl sites for hydroxylation is 2. The number of carbonyl (C=O) groups is 1. The molecule has 9 nitrogen and oxygen atoms in total. The minimum Gasteiger partial charge on any atom is -0.351 e. The average Bonchev–Trinajstić information content (AvgIpc) is 3.69. The van der Waals surface area contributed by atoms with E-state index in [4.69, 9.17) is 4.98 Å². The lowest BCUT2D eigenvalue weighted by Gasteiger charge is -2.33. The van der Waals surface area contributed by atoms with Gasteiger partial charge in [0.2, 0.25) is 5.91 Å². The van der Waals surface area contributed by atoms with Crippen LogP contribution in [0.15, 0.2) is 85.5 Å². The van der Waals surface area contributed by atoms with E-state index in [-0.39, 0.29) is 17.7 Å². The van der Waals surface area contributed by atoms with E-state index in [2.05, 4.69) is 50.8 Å². The van der Waals surface area contributed by atoms with E-state index in [9.17, 15) is 10.1 Å². The molecule has 0 aliphatic heterocycles. The number of nitrogens with one attached hydrogen (secondary N) is 1. The van der Waals surface area contributed by atoms with Crippen molar-refractivity contribution in [1.29, 1.82) is 5.26 Å². The largest absolute Gasteiger partial charge is 0.351 e. The van der Waals surface area contributed by atoms with Crippen molar-refractivity contribution in [2.75, 3.05) is 0 Å². The highest BCUT2D eigenvalue weighted by Gasteiger charge is 2.33. The Morgan fingerprint density at radius 3 is 2.41 bits per heavy atom. The van der Waals surface area contributed by atoms with Crippen LogP contribution in [-0.4, -0.2) is 35.4 Å². The van der Waals surface area contributed by atoms with Gasteiger partial charge in [-0.15, -0.1) is 0 Å². The lowest BCUT2D eigenvalue weighted by atomic mass is 9.72. The summed E-state index contributed by atoms with van der Waals surface area (Å²) in [7, 11) is 3.76. The fourth-order valence-corrected chi connectivity index (χ4v) is 6.37. The van der Waals surface area contributed by atoms with Crippen molar-refractivity contribution in [2.45, 2.75) is 44.6 Å². The summed E-state index contributed by atoms with van der Waals surface area (Å²) >= 11 is 0. The SMILES string of the molecule is Cn1cc(-c2ccc(C(C(=O)NCc3ccccc3)[C@H]3CC[C@H](Cc4ncc(C#N)c(-c5ccnn5C)n4)CC3)cc2)cn1. The van der Waals surface area contributed by atoms with Crippen molar-refractivity contribution in [3.05, 3.63) is 108 Å². The first-order chi connectivity index (χ1) is 21.5. The van der Waals surface area contributed by atoms with Crippen LogP contribution >= 0.6 is 0 Å². The average molecular weight is 585 g/mol. The Morgan fingerprint density at radius 2 is 1.75 bits per heavy atom. The fourth-order valence-electron chi connectivity index (χ4n) is 6.37. The van der Waals surface area contributed by atoms with E-state index in [1.807, 2.05) is 62.9 Å². The summed E-state index contributed by atoms with van der Waals surface area (Å²) in [6, 6.07) is 22.5. The molecule has 3 aromatic heterocycles. The second-order valence-corrected chi connectivity index (χ2v) is 11.7. The molecule has 5 aromatic rings. The summed E-state index contributed by atoms with van der Waals surface area (Å²) in [6.45, 7) is 0.508. The molecule has 2 aromatic carbocycles. The molecule has 1 N–H and O–H groups in total. The number of rotatable bonds is 9. The fraction of sp³-hybridized carbons (Fsp3) is 0.314. The Hall–Kier alpha value is -5.10. The highest BCUT2D eigenvalue weighted by Crippen LogP contribution is 2.40. The molecule has 0 spiro atoms. The van der Waals surface area contributed by atoms with E-state index < -0.39 is 0 Å². The van der Waals surface area contributed by atoms with Crippen LogP contribution < -0.4 is 5.32 Å². The van der Waals surface area contributed by atoms with Crippen molar-refractivity contribution in [3.8, 4) is 28.6 Å². The maximum absolute atomic E-state index is 13.8. The van der Waals surface area contributed by atoms with Gasteiger partial charge in [-0.3, -0.25) is 14.2 Å². The topological polar surface area (TPSA) is 114 Å². The zero-order valence-corrected chi connectivity index (χ0v) is 25.1. The summed E-state index contributed by atoms with van der Waals surface area (Å²) in [5.41, 5.74) is 6.14. The van der Waals surface area contributed by atoms with Crippen LogP contribution in [0.1, 0.15) is 54.1 Å². The summed E-state index contributed by atoms with van der Waals surface area (Å²) in [5, 5.41) is 21.4. The molecule has 3 heterocycles.